The van der Waals surface area contributed by atoms with E-state index in [-0.39, 0.29) is 30.2 Å². The van der Waals surface area contributed by atoms with Crippen LogP contribution in [0.5, 0.6) is 5.75 Å². The van der Waals surface area contributed by atoms with Gasteiger partial charge in [0.25, 0.3) is 0 Å². The monoisotopic (exact) mass is 741 g/mol. The zero-order chi connectivity index (χ0) is 38.1. The van der Waals surface area contributed by atoms with Crippen LogP contribution in [0.3, 0.4) is 0 Å². The summed E-state index contributed by atoms with van der Waals surface area (Å²) >= 11 is 0. The van der Waals surface area contributed by atoms with E-state index >= 15 is 0 Å². The van der Waals surface area contributed by atoms with Gasteiger partial charge in [0.05, 0.1) is 12.2 Å². The largest absolute Gasteiger partial charge is 0.490 e. The number of rotatable bonds is 23. The van der Waals surface area contributed by atoms with Gasteiger partial charge in [0.15, 0.2) is 0 Å². The van der Waals surface area contributed by atoms with Crippen LogP contribution in [0.4, 0.5) is 5.69 Å². The molecule has 0 spiro atoms. The first-order valence-electron chi connectivity index (χ1n) is 20.5. The first-order chi connectivity index (χ1) is 26.3. The van der Waals surface area contributed by atoms with Gasteiger partial charge in [0.1, 0.15) is 24.7 Å². The van der Waals surface area contributed by atoms with E-state index in [9.17, 15) is 19.8 Å². The van der Waals surface area contributed by atoms with Crippen LogP contribution in [0.2, 0.25) is 0 Å². The highest BCUT2D eigenvalue weighted by molar-refractivity contribution is 5.93. The Hall–Kier alpha value is -3.79. The predicted molar refractivity (Wildman–Crippen MR) is 216 cm³/mol. The van der Waals surface area contributed by atoms with Gasteiger partial charge in [0, 0.05) is 73.8 Å². The van der Waals surface area contributed by atoms with Crippen LogP contribution in [-0.2, 0) is 20.9 Å². The molecule has 2 heterocycles. The first kappa shape index (κ1) is 41.4. The fraction of sp³-hybridized carbons (Fsp3) is 0.578. The molecule has 0 unspecified atom stereocenters. The Balaban J connectivity index is 0.940. The van der Waals surface area contributed by atoms with Crippen LogP contribution in [0.1, 0.15) is 108 Å². The number of nitrogens with zero attached hydrogens (tertiary/aromatic N) is 2. The molecule has 9 heteroatoms. The number of pyridine rings is 1. The number of fused-ring (bicyclic) bond motifs is 1. The van der Waals surface area contributed by atoms with Crippen LogP contribution in [0, 0.1) is 18.8 Å². The molecule has 3 aromatic rings. The van der Waals surface area contributed by atoms with E-state index < -0.39 is 12.2 Å². The number of Topliss-reactive ketones (excluding diaryl/α,β-unsaturated/α-hetero) is 1. The van der Waals surface area contributed by atoms with Gasteiger partial charge in [-0.3, -0.25) is 19.5 Å². The molecule has 1 saturated carbocycles. The summed E-state index contributed by atoms with van der Waals surface area (Å²) in [5, 5.41) is 27.2. The van der Waals surface area contributed by atoms with E-state index in [2.05, 4.69) is 64.6 Å². The number of unbranched alkanes of at least 4 members (excludes halogenated alkanes) is 5. The number of carbonyl (C=O) groups excluding carboxylic acids is 2. The molecule has 0 amide bonds. The van der Waals surface area contributed by atoms with Crippen molar-refractivity contribution in [2.75, 3.05) is 31.6 Å². The number of esters is 1. The second-order valence-corrected chi connectivity index (χ2v) is 15.5. The molecule has 0 radical (unpaired) electrons. The van der Waals surface area contributed by atoms with Crippen molar-refractivity contribution in [1.29, 1.82) is 0 Å². The lowest BCUT2D eigenvalue weighted by molar-refractivity contribution is -0.144. The van der Waals surface area contributed by atoms with Crippen molar-refractivity contribution < 1.29 is 29.3 Å². The van der Waals surface area contributed by atoms with Crippen molar-refractivity contribution in [2.24, 2.45) is 11.8 Å². The maximum absolute atomic E-state index is 12.4. The number of likely N-dealkylation sites (tertiary alicyclic amines) is 1. The summed E-state index contributed by atoms with van der Waals surface area (Å²) in [6, 6.07) is 15.1. The van der Waals surface area contributed by atoms with Gasteiger partial charge in [-0.05, 0) is 93.0 Å². The topological polar surface area (TPSA) is 121 Å². The van der Waals surface area contributed by atoms with Crippen molar-refractivity contribution in [3.8, 4) is 5.75 Å². The minimum absolute atomic E-state index is 0.0441. The van der Waals surface area contributed by atoms with Crippen molar-refractivity contribution in [2.45, 2.75) is 129 Å². The third-order valence-electron chi connectivity index (χ3n) is 11.2. The van der Waals surface area contributed by atoms with Crippen LogP contribution in [0.15, 0.2) is 67.0 Å². The number of benzene rings is 2. The molecular formula is C45H63N3O6. The molecule has 54 heavy (non-hydrogen) atoms. The van der Waals surface area contributed by atoms with Gasteiger partial charge in [-0.15, -0.1) is 0 Å². The lowest BCUT2D eigenvalue weighted by Crippen LogP contribution is -2.26. The maximum Gasteiger partial charge on any atom is 0.305 e. The summed E-state index contributed by atoms with van der Waals surface area (Å²) < 4.78 is 11.5. The Labute approximate surface area is 322 Å². The molecule has 1 aromatic heterocycles. The number of hydrogen-bond donors (Lipinski definition) is 3. The minimum Gasteiger partial charge on any atom is -0.490 e. The van der Waals surface area contributed by atoms with Gasteiger partial charge >= 0.3 is 5.97 Å². The Morgan fingerprint density at radius 3 is 2.69 bits per heavy atom. The zero-order valence-electron chi connectivity index (χ0n) is 32.6. The van der Waals surface area contributed by atoms with Gasteiger partial charge in [0.2, 0.25) is 0 Å². The second-order valence-electron chi connectivity index (χ2n) is 15.5. The molecule has 3 N–H and O–H groups in total. The highest BCUT2D eigenvalue weighted by Gasteiger charge is 2.40. The second kappa shape index (κ2) is 21.9. The molecule has 5 rings (SSSR count). The van der Waals surface area contributed by atoms with E-state index in [0.29, 0.717) is 57.6 Å². The fourth-order valence-corrected chi connectivity index (χ4v) is 8.12. The number of aromatic nitrogens is 1. The van der Waals surface area contributed by atoms with Crippen LogP contribution in [0.25, 0.3) is 10.8 Å². The van der Waals surface area contributed by atoms with Crippen LogP contribution >= 0.6 is 0 Å². The maximum atomic E-state index is 12.4. The third-order valence-corrected chi connectivity index (χ3v) is 11.2. The Morgan fingerprint density at radius 1 is 0.963 bits per heavy atom. The highest BCUT2D eigenvalue weighted by atomic mass is 16.6. The van der Waals surface area contributed by atoms with Gasteiger partial charge in [-0.2, -0.15) is 0 Å². The average molecular weight is 742 g/mol. The molecule has 1 aliphatic carbocycles. The normalized spacial score (nSPS) is 21.6. The highest BCUT2D eigenvalue weighted by Crippen LogP contribution is 2.38. The van der Waals surface area contributed by atoms with E-state index in [0.717, 1.165) is 67.7 Å². The zero-order valence-corrected chi connectivity index (χ0v) is 32.6. The number of aliphatic hydroxyl groups is 2. The Bertz CT molecular complexity index is 1640. The Kier molecular flexibility index (Phi) is 16.8. The molecule has 1 aliphatic heterocycles. The number of aryl methyl sites for hydroxylation is 1. The summed E-state index contributed by atoms with van der Waals surface area (Å²) in [4.78, 5) is 31.5. The molecule has 5 atom stereocenters. The predicted octanol–water partition coefficient (Wildman–Crippen LogP) is 8.34. The number of nitrogens with one attached hydrogen (secondary N) is 1. The molecule has 9 nitrogen and oxygen atoms in total. The summed E-state index contributed by atoms with van der Waals surface area (Å²) in [6.07, 6.45) is 18.0. The van der Waals surface area contributed by atoms with Gasteiger partial charge in [-0.1, -0.05) is 69.0 Å². The number of hydrogen-bond acceptors (Lipinski definition) is 9. The van der Waals surface area contributed by atoms with Crippen molar-refractivity contribution >= 4 is 28.2 Å². The molecule has 2 fully saturated rings. The van der Waals surface area contributed by atoms with Crippen LogP contribution in [-0.4, -0.2) is 76.4 Å². The molecular weight excluding hydrogens is 679 g/mol. The SMILES string of the molecule is CCCCCCCC(=O)CC[C@@H]1[C@@H](C/C=C/CCCC(=O)OCCOc2cc(CN3CC[C@@H](Nc4cccc5cnccc45)C3)ccc2C)[C@@H](O)C[C@H]1O. The molecule has 0 bridgehead atoms. The van der Waals surface area contributed by atoms with Crippen molar-refractivity contribution in [3.63, 3.8) is 0 Å². The first-order valence-corrected chi connectivity index (χ1v) is 20.5. The summed E-state index contributed by atoms with van der Waals surface area (Å²) in [5.41, 5.74) is 3.41. The van der Waals surface area contributed by atoms with Gasteiger partial charge in [-0.25, -0.2) is 0 Å². The minimum atomic E-state index is -0.561. The van der Waals surface area contributed by atoms with Crippen molar-refractivity contribution in [3.05, 3.63) is 78.1 Å². The van der Waals surface area contributed by atoms with E-state index in [1.807, 2.05) is 31.5 Å². The average Bonchev–Trinajstić information content (AvgIpc) is 3.72. The smallest absolute Gasteiger partial charge is 0.305 e. The number of allylic oxidation sites excluding steroid dienone is 2. The van der Waals surface area contributed by atoms with Crippen molar-refractivity contribution in [1.82, 2.24) is 9.88 Å². The Morgan fingerprint density at radius 2 is 1.81 bits per heavy atom. The van der Waals surface area contributed by atoms with E-state index in [1.54, 1.807) is 0 Å². The molecule has 294 valence electrons. The number of carbonyl (C=O) groups is 2. The number of ketones is 1. The number of aliphatic hydroxyl groups excluding tert-OH is 2. The standard InChI is InChI=1S/C45H63N3O6/c1-3-4-5-6-9-14-37(49)20-21-40-39(42(50)29-43(40)51)15-10-7-8-11-17-45(52)54-27-26-53-44-28-34(19-18-33(44)2)31-48-25-23-36(32-48)47-41-16-12-13-35-30-46-24-22-38(35)41/h7,10,12-13,16,18-19,22,24,28,30,36,39-40,42-43,47,50-51H,3-6,8-9,11,14-15,17,20-21,23,25-27,29,31-32H2,1-2H3/b10-7+/t36-,39-,40-,42+,43-/m1/s1. The molecule has 1 saturated heterocycles. The third kappa shape index (κ3) is 12.9. The fourth-order valence-electron chi connectivity index (χ4n) is 8.12. The van der Waals surface area contributed by atoms with E-state index in [4.69, 9.17) is 9.47 Å². The quantitative estimate of drug-likeness (QED) is 0.0501. The summed E-state index contributed by atoms with van der Waals surface area (Å²) in [5.74, 6) is 0.747. The summed E-state index contributed by atoms with van der Waals surface area (Å²) in [7, 11) is 0. The lowest BCUT2D eigenvalue weighted by Gasteiger charge is -2.22. The number of ether oxygens (including phenoxy) is 2. The number of anilines is 1. The summed E-state index contributed by atoms with van der Waals surface area (Å²) in [6.45, 7) is 7.55. The van der Waals surface area contributed by atoms with Crippen LogP contribution < -0.4 is 10.1 Å². The molecule has 2 aliphatic rings. The lowest BCUT2D eigenvalue weighted by atomic mass is 9.86. The van der Waals surface area contributed by atoms with Gasteiger partial charge < -0.3 is 25.0 Å². The van der Waals surface area contributed by atoms with E-state index in [1.165, 1.54) is 30.2 Å². The molecule has 2 aromatic carbocycles.